The van der Waals surface area contributed by atoms with Crippen LogP contribution in [0.2, 0.25) is 0 Å². The van der Waals surface area contributed by atoms with Crippen LogP contribution in [0.5, 0.6) is 5.75 Å². The number of nitrogens with two attached hydrogens (primary N) is 1. The van der Waals surface area contributed by atoms with Crippen LogP contribution >= 0.6 is 0 Å². The summed E-state index contributed by atoms with van der Waals surface area (Å²) in [5.41, 5.74) is 7.20. The number of rotatable bonds is 7. The van der Waals surface area contributed by atoms with Crippen molar-refractivity contribution in [2.24, 2.45) is 10.9 Å². The van der Waals surface area contributed by atoms with Gasteiger partial charge in [-0.2, -0.15) is 0 Å². The van der Waals surface area contributed by atoms with E-state index in [0.717, 1.165) is 12.0 Å². The van der Waals surface area contributed by atoms with Crippen LogP contribution in [0.15, 0.2) is 23.4 Å². The molecule has 0 heterocycles. The molecule has 0 amide bonds. The maximum atomic E-state index is 8.72. The third kappa shape index (κ3) is 4.18. The van der Waals surface area contributed by atoms with Crippen LogP contribution in [0, 0.1) is 12.3 Å². The molecule has 1 unspecified atom stereocenters. The largest absolute Gasteiger partial charge is 0.496 e. The second-order valence-corrected chi connectivity index (χ2v) is 4.41. The third-order valence-corrected chi connectivity index (χ3v) is 3.10. The van der Waals surface area contributed by atoms with E-state index in [9.17, 15) is 0 Å². The number of terminal acetylenes is 1. The van der Waals surface area contributed by atoms with Crippen LogP contribution in [0.1, 0.15) is 30.9 Å². The van der Waals surface area contributed by atoms with Crippen molar-refractivity contribution in [3.8, 4) is 18.1 Å². The van der Waals surface area contributed by atoms with Gasteiger partial charge in [0.05, 0.1) is 12.7 Å². The lowest BCUT2D eigenvalue weighted by atomic mass is 10.1. The Hall–Kier alpha value is -2.19. The van der Waals surface area contributed by atoms with E-state index >= 15 is 0 Å². The zero-order chi connectivity index (χ0) is 15.0. The average Bonchev–Trinajstić information content (AvgIpc) is 2.50. The molecule has 0 spiro atoms. The third-order valence-electron chi connectivity index (χ3n) is 3.10. The fourth-order valence-electron chi connectivity index (χ4n) is 1.88. The molecule has 0 aliphatic carbocycles. The van der Waals surface area contributed by atoms with Crippen LogP contribution in [-0.4, -0.2) is 24.2 Å². The molecule has 108 valence electrons. The van der Waals surface area contributed by atoms with Gasteiger partial charge in [0, 0.05) is 19.0 Å². The normalized spacial score (nSPS) is 12.8. The van der Waals surface area contributed by atoms with Gasteiger partial charge in [-0.25, -0.2) is 0 Å². The van der Waals surface area contributed by atoms with Gasteiger partial charge in [-0.1, -0.05) is 18.1 Å². The van der Waals surface area contributed by atoms with Crippen molar-refractivity contribution in [3.63, 3.8) is 0 Å². The predicted molar refractivity (Wildman–Crippen MR) is 79.9 cm³/mol. The Morgan fingerprint density at radius 2 is 2.35 bits per heavy atom. The van der Waals surface area contributed by atoms with Crippen LogP contribution in [0.25, 0.3) is 0 Å². The van der Waals surface area contributed by atoms with E-state index in [1.54, 1.807) is 13.2 Å². The highest BCUT2D eigenvalue weighted by atomic mass is 16.5. The Bertz CT molecular complexity index is 506. The fourth-order valence-corrected chi connectivity index (χ4v) is 1.88. The molecule has 5 nitrogen and oxygen atoms in total. The number of nitrogens with one attached hydrogen (secondary N) is 1. The van der Waals surface area contributed by atoms with Gasteiger partial charge in [-0.3, -0.25) is 0 Å². The van der Waals surface area contributed by atoms with Gasteiger partial charge in [-0.05, 0) is 24.1 Å². The smallest absolute Gasteiger partial charge is 0.173 e. The van der Waals surface area contributed by atoms with Crippen molar-refractivity contribution in [2.75, 3.05) is 7.11 Å². The van der Waals surface area contributed by atoms with E-state index < -0.39 is 0 Å². The number of benzene rings is 1. The summed E-state index contributed by atoms with van der Waals surface area (Å²) in [5.74, 6) is 3.26. The minimum absolute atomic E-state index is 0.0279. The van der Waals surface area contributed by atoms with Crippen molar-refractivity contribution in [1.29, 1.82) is 0 Å². The number of amidine groups is 1. The van der Waals surface area contributed by atoms with E-state index in [1.807, 2.05) is 12.1 Å². The summed E-state index contributed by atoms with van der Waals surface area (Å²) in [5, 5.41) is 15.1. The number of hydrogen-bond acceptors (Lipinski definition) is 4. The van der Waals surface area contributed by atoms with Crippen LogP contribution in [0.3, 0.4) is 0 Å². The number of nitrogens with zero attached hydrogens (tertiary/aromatic N) is 1. The molecular weight excluding hydrogens is 254 g/mol. The first kappa shape index (κ1) is 15.9. The number of methoxy groups -OCH3 is 1. The Morgan fingerprint density at radius 3 is 2.90 bits per heavy atom. The summed E-state index contributed by atoms with van der Waals surface area (Å²) in [6.07, 6.45) is 7.01. The summed E-state index contributed by atoms with van der Waals surface area (Å²) in [6, 6.07) is 5.84. The minimum Gasteiger partial charge on any atom is -0.496 e. The lowest BCUT2D eigenvalue weighted by molar-refractivity contribution is 0.318. The zero-order valence-corrected chi connectivity index (χ0v) is 11.9. The van der Waals surface area contributed by atoms with Crippen LogP contribution in [-0.2, 0) is 6.54 Å². The van der Waals surface area contributed by atoms with Crippen molar-refractivity contribution in [1.82, 2.24) is 5.32 Å². The first-order valence-corrected chi connectivity index (χ1v) is 6.47. The highest BCUT2D eigenvalue weighted by Gasteiger charge is 2.10. The molecule has 1 atom stereocenters. The highest BCUT2D eigenvalue weighted by molar-refractivity contribution is 5.99. The second kappa shape index (κ2) is 8.08. The van der Waals surface area contributed by atoms with Crippen molar-refractivity contribution in [2.45, 2.75) is 32.4 Å². The molecule has 0 aliphatic heterocycles. The Labute approximate surface area is 119 Å². The maximum absolute atomic E-state index is 8.72. The molecule has 0 fully saturated rings. The first-order chi connectivity index (χ1) is 9.65. The first-order valence-electron chi connectivity index (χ1n) is 6.47. The molecule has 0 saturated carbocycles. The monoisotopic (exact) mass is 275 g/mol. The van der Waals surface area contributed by atoms with E-state index in [2.05, 4.69) is 23.3 Å². The van der Waals surface area contributed by atoms with Gasteiger partial charge in [0.1, 0.15) is 5.75 Å². The molecule has 5 heteroatoms. The SMILES string of the molecule is C#CCC(CC)NCc1ccc(/C(N)=N/O)c(OC)c1. The van der Waals surface area contributed by atoms with Crippen LogP contribution in [0.4, 0.5) is 0 Å². The quantitative estimate of drug-likeness (QED) is 0.232. The van der Waals surface area contributed by atoms with Crippen molar-refractivity contribution >= 4 is 5.84 Å². The molecule has 1 rings (SSSR count). The van der Waals surface area contributed by atoms with E-state index in [4.69, 9.17) is 22.1 Å². The van der Waals surface area contributed by atoms with Crippen molar-refractivity contribution in [3.05, 3.63) is 29.3 Å². The maximum Gasteiger partial charge on any atom is 0.173 e. The van der Waals surface area contributed by atoms with Gasteiger partial charge in [-0.15, -0.1) is 12.3 Å². The van der Waals surface area contributed by atoms with E-state index in [1.165, 1.54) is 0 Å². The topological polar surface area (TPSA) is 79.9 Å². The number of ether oxygens (including phenoxy) is 1. The second-order valence-electron chi connectivity index (χ2n) is 4.41. The van der Waals surface area contributed by atoms with E-state index in [-0.39, 0.29) is 5.84 Å². The molecule has 0 bridgehead atoms. The Balaban J connectivity index is 2.81. The molecule has 0 aliphatic rings. The van der Waals surface area contributed by atoms with Gasteiger partial charge < -0.3 is 21.0 Å². The zero-order valence-electron chi connectivity index (χ0n) is 11.9. The van der Waals surface area contributed by atoms with Gasteiger partial charge in [0.25, 0.3) is 0 Å². The molecule has 0 radical (unpaired) electrons. The summed E-state index contributed by atoms with van der Waals surface area (Å²) < 4.78 is 5.26. The molecule has 20 heavy (non-hydrogen) atoms. The van der Waals surface area contributed by atoms with Crippen molar-refractivity contribution < 1.29 is 9.94 Å². The fraction of sp³-hybridized carbons (Fsp3) is 0.400. The Morgan fingerprint density at radius 1 is 1.60 bits per heavy atom. The van der Waals surface area contributed by atoms with Gasteiger partial charge in [0.2, 0.25) is 0 Å². The summed E-state index contributed by atoms with van der Waals surface area (Å²) in [6.45, 7) is 2.78. The molecular formula is C15H21N3O2. The summed E-state index contributed by atoms with van der Waals surface area (Å²) in [7, 11) is 1.55. The van der Waals surface area contributed by atoms with Gasteiger partial charge >= 0.3 is 0 Å². The predicted octanol–water partition coefficient (Wildman–Crippen LogP) is 1.68. The summed E-state index contributed by atoms with van der Waals surface area (Å²) >= 11 is 0. The van der Waals surface area contributed by atoms with Crippen LogP contribution < -0.4 is 15.8 Å². The standard InChI is InChI=1S/C15H21N3O2/c1-4-6-12(5-2)17-10-11-7-8-13(15(16)18-19)14(9-11)20-3/h1,7-9,12,17,19H,5-6,10H2,2-3H3,(H2,16,18). The van der Waals surface area contributed by atoms with E-state index in [0.29, 0.717) is 30.3 Å². The summed E-state index contributed by atoms with van der Waals surface area (Å²) in [4.78, 5) is 0. The average molecular weight is 275 g/mol. The molecule has 1 aromatic carbocycles. The highest BCUT2D eigenvalue weighted by Crippen LogP contribution is 2.20. The van der Waals surface area contributed by atoms with Gasteiger partial charge in [0.15, 0.2) is 5.84 Å². The molecule has 1 aromatic rings. The lowest BCUT2D eigenvalue weighted by Gasteiger charge is -2.15. The lowest BCUT2D eigenvalue weighted by Crippen LogP contribution is -2.27. The minimum atomic E-state index is 0.0279. The molecule has 0 aromatic heterocycles. The number of oxime groups is 1. The Kier molecular flexibility index (Phi) is 6.41. The number of hydrogen-bond donors (Lipinski definition) is 3. The molecule has 4 N–H and O–H groups in total. The molecule has 0 saturated heterocycles.